The molecule has 1 unspecified atom stereocenters. The molecule has 0 fully saturated rings. The second-order valence-electron chi connectivity index (χ2n) is 8.36. The predicted molar refractivity (Wildman–Crippen MR) is 115 cm³/mol. The molecule has 0 bridgehead atoms. The summed E-state index contributed by atoms with van der Waals surface area (Å²) in [6.07, 6.45) is 27.7. The molecule has 0 saturated heterocycles. The van der Waals surface area contributed by atoms with Crippen molar-refractivity contribution in [2.45, 2.75) is 129 Å². The van der Waals surface area contributed by atoms with Crippen LogP contribution in [0.3, 0.4) is 0 Å². The molecule has 25 heavy (non-hydrogen) atoms. The Balaban J connectivity index is 1.74. The molecule has 1 rings (SSSR count). The molecule has 1 atom stereocenters. The lowest BCUT2D eigenvalue weighted by atomic mass is 9.75. The van der Waals surface area contributed by atoms with E-state index in [0.29, 0.717) is 0 Å². The summed E-state index contributed by atoms with van der Waals surface area (Å²) in [6.45, 7) is 8.51. The molecule has 0 heteroatoms. The Labute approximate surface area is 159 Å². The molecule has 0 nitrogen and oxygen atoms in total. The van der Waals surface area contributed by atoms with E-state index in [1.807, 2.05) is 5.57 Å². The van der Waals surface area contributed by atoms with Gasteiger partial charge in [0.1, 0.15) is 0 Å². The van der Waals surface area contributed by atoms with Crippen LogP contribution in [0.5, 0.6) is 0 Å². The van der Waals surface area contributed by atoms with Gasteiger partial charge < -0.3 is 0 Å². The molecule has 0 aromatic heterocycles. The van der Waals surface area contributed by atoms with Crippen LogP contribution in [0.4, 0.5) is 0 Å². The second-order valence-corrected chi connectivity index (χ2v) is 8.36. The monoisotopic (exact) mass is 346 g/mol. The molecule has 0 aromatic rings. The fourth-order valence-corrected chi connectivity index (χ4v) is 4.45. The van der Waals surface area contributed by atoms with Gasteiger partial charge in [-0.25, -0.2) is 0 Å². The van der Waals surface area contributed by atoms with E-state index in [9.17, 15) is 0 Å². The average Bonchev–Trinajstić information content (AvgIpc) is 2.60. The second kappa shape index (κ2) is 15.7. The number of unbranched alkanes of at least 4 members (excludes halogenated alkanes) is 14. The van der Waals surface area contributed by atoms with Gasteiger partial charge in [0, 0.05) is 0 Å². The van der Waals surface area contributed by atoms with Crippen molar-refractivity contribution in [3.8, 4) is 0 Å². The molecule has 1 aliphatic rings. The van der Waals surface area contributed by atoms with Crippen molar-refractivity contribution in [2.24, 2.45) is 5.92 Å². The number of hydrogen-bond donors (Lipinski definition) is 0. The van der Waals surface area contributed by atoms with Crippen molar-refractivity contribution in [1.82, 2.24) is 0 Å². The van der Waals surface area contributed by atoms with E-state index in [2.05, 4.69) is 26.5 Å². The number of allylic oxidation sites excluding steroid dienone is 3. The third-order valence-electron chi connectivity index (χ3n) is 6.12. The lowest BCUT2D eigenvalue weighted by molar-refractivity contribution is 0.510. The van der Waals surface area contributed by atoms with E-state index >= 15 is 0 Å². The van der Waals surface area contributed by atoms with Crippen molar-refractivity contribution < 1.29 is 0 Å². The van der Waals surface area contributed by atoms with E-state index < -0.39 is 0 Å². The van der Waals surface area contributed by atoms with Crippen LogP contribution in [-0.4, -0.2) is 0 Å². The highest BCUT2D eigenvalue weighted by Gasteiger charge is 2.22. The highest BCUT2D eigenvalue weighted by molar-refractivity contribution is 5.27. The molecule has 0 aliphatic heterocycles. The van der Waals surface area contributed by atoms with Gasteiger partial charge in [0.15, 0.2) is 0 Å². The Hall–Kier alpha value is -0.520. The maximum absolute atomic E-state index is 3.78. The molecule has 0 spiro atoms. The average molecular weight is 347 g/mol. The molecular formula is C25H46. The lowest BCUT2D eigenvalue weighted by Crippen LogP contribution is -2.15. The lowest BCUT2D eigenvalue weighted by Gasteiger charge is -2.31. The molecule has 0 N–H and O–H groups in total. The smallest absolute Gasteiger partial charge is 0.0192 e. The van der Waals surface area contributed by atoms with Gasteiger partial charge in [0.05, 0.1) is 0 Å². The molecule has 1 aliphatic carbocycles. The minimum absolute atomic E-state index is 0.900. The first-order valence-corrected chi connectivity index (χ1v) is 11.6. The summed E-state index contributed by atoms with van der Waals surface area (Å²) >= 11 is 0. The Morgan fingerprint density at radius 3 is 1.60 bits per heavy atom. The van der Waals surface area contributed by atoms with Crippen LogP contribution < -0.4 is 0 Å². The molecular weight excluding hydrogens is 300 g/mol. The van der Waals surface area contributed by atoms with Gasteiger partial charge in [-0.05, 0) is 44.4 Å². The summed E-state index contributed by atoms with van der Waals surface area (Å²) in [5.41, 5.74) is 3.60. The summed E-state index contributed by atoms with van der Waals surface area (Å²) in [5.74, 6) is 0.900. The highest BCUT2D eigenvalue weighted by atomic mass is 14.3. The predicted octanol–water partition coefficient (Wildman–Crippen LogP) is 9.16. The maximum atomic E-state index is 3.78. The first kappa shape index (κ1) is 22.5. The standard InChI is InChI=1S/C25H46/c1-4-6-7-8-9-10-11-12-13-14-15-16-17-18-19-20-21-24-22-23(3)25(24)5-2/h4,23H,1,5-22H2,2-3H3. The van der Waals surface area contributed by atoms with E-state index in [-0.39, 0.29) is 0 Å². The minimum Gasteiger partial charge on any atom is -0.103 e. The Morgan fingerprint density at radius 1 is 0.760 bits per heavy atom. The summed E-state index contributed by atoms with van der Waals surface area (Å²) in [4.78, 5) is 0. The zero-order chi connectivity index (χ0) is 18.2. The first-order chi connectivity index (χ1) is 12.3. The van der Waals surface area contributed by atoms with Crippen molar-refractivity contribution in [1.29, 1.82) is 0 Å². The molecule has 0 saturated carbocycles. The van der Waals surface area contributed by atoms with Crippen molar-refractivity contribution in [3.05, 3.63) is 23.8 Å². The topological polar surface area (TPSA) is 0 Å². The zero-order valence-electron chi connectivity index (χ0n) is 17.6. The third-order valence-corrected chi connectivity index (χ3v) is 6.12. The van der Waals surface area contributed by atoms with Gasteiger partial charge in [0.2, 0.25) is 0 Å². The summed E-state index contributed by atoms with van der Waals surface area (Å²) in [6, 6.07) is 0. The van der Waals surface area contributed by atoms with E-state index in [1.54, 1.807) is 5.57 Å². The molecule has 0 heterocycles. The van der Waals surface area contributed by atoms with Crippen molar-refractivity contribution in [2.75, 3.05) is 0 Å². The maximum Gasteiger partial charge on any atom is -0.0192 e. The normalized spacial score (nSPS) is 17.0. The van der Waals surface area contributed by atoms with Gasteiger partial charge in [-0.3, -0.25) is 0 Å². The third kappa shape index (κ3) is 10.9. The van der Waals surface area contributed by atoms with Crippen LogP contribution in [0.2, 0.25) is 0 Å². The Bertz CT molecular complexity index is 349. The molecule has 0 radical (unpaired) electrons. The summed E-state index contributed by atoms with van der Waals surface area (Å²) < 4.78 is 0. The number of hydrogen-bond acceptors (Lipinski definition) is 0. The SMILES string of the molecule is C=CCCCCCCCCCCCCCCCCC1=C(CC)C(C)C1. The Morgan fingerprint density at radius 2 is 1.20 bits per heavy atom. The molecule has 0 amide bonds. The Kier molecular flexibility index (Phi) is 14.2. The van der Waals surface area contributed by atoms with Gasteiger partial charge in [-0.2, -0.15) is 0 Å². The van der Waals surface area contributed by atoms with Crippen LogP contribution >= 0.6 is 0 Å². The fraction of sp³-hybridized carbons (Fsp3) is 0.840. The van der Waals surface area contributed by atoms with E-state index in [4.69, 9.17) is 0 Å². The van der Waals surface area contributed by atoms with E-state index in [0.717, 1.165) is 5.92 Å². The summed E-state index contributed by atoms with van der Waals surface area (Å²) in [7, 11) is 0. The van der Waals surface area contributed by atoms with Gasteiger partial charge in [0.25, 0.3) is 0 Å². The van der Waals surface area contributed by atoms with Crippen LogP contribution in [0, 0.1) is 5.92 Å². The van der Waals surface area contributed by atoms with Crippen molar-refractivity contribution >= 4 is 0 Å². The highest BCUT2D eigenvalue weighted by Crippen LogP contribution is 2.39. The van der Waals surface area contributed by atoms with Crippen LogP contribution in [0.1, 0.15) is 129 Å². The zero-order valence-corrected chi connectivity index (χ0v) is 17.6. The van der Waals surface area contributed by atoms with Crippen LogP contribution in [-0.2, 0) is 0 Å². The van der Waals surface area contributed by atoms with Gasteiger partial charge in [-0.15, -0.1) is 6.58 Å². The van der Waals surface area contributed by atoms with E-state index in [1.165, 1.54) is 116 Å². The summed E-state index contributed by atoms with van der Waals surface area (Å²) in [5, 5.41) is 0. The first-order valence-electron chi connectivity index (χ1n) is 11.6. The van der Waals surface area contributed by atoms with Gasteiger partial charge in [-0.1, -0.05) is 108 Å². The molecule has 0 aromatic carbocycles. The quantitative estimate of drug-likeness (QED) is 0.171. The fourth-order valence-electron chi connectivity index (χ4n) is 4.45. The van der Waals surface area contributed by atoms with Gasteiger partial charge >= 0.3 is 0 Å². The largest absolute Gasteiger partial charge is 0.103 e. The van der Waals surface area contributed by atoms with Crippen LogP contribution in [0.15, 0.2) is 23.8 Å². The molecule has 146 valence electrons. The van der Waals surface area contributed by atoms with Crippen molar-refractivity contribution in [3.63, 3.8) is 0 Å². The number of rotatable bonds is 18. The minimum atomic E-state index is 0.900. The van der Waals surface area contributed by atoms with Crippen LogP contribution in [0.25, 0.3) is 0 Å².